The van der Waals surface area contributed by atoms with Crippen LogP contribution in [0.1, 0.15) is 67.5 Å². The van der Waals surface area contributed by atoms with E-state index < -0.39 is 29.9 Å². The number of fused-ring (bicyclic) bond motifs is 1. The zero-order valence-corrected chi connectivity index (χ0v) is 42.6. The van der Waals surface area contributed by atoms with E-state index >= 15 is 0 Å². The molecule has 0 spiro atoms. The van der Waals surface area contributed by atoms with Crippen LogP contribution in [0.25, 0.3) is 10.9 Å². The van der Waals surface area contributed by atoms with Gasteiger partial charge in [-0.25, -0.2) is 9.78 Å². The smallest absolute Gasteiger partial charge is 0.312 e. The Morgan fingerprint density at radius 3 is 2.09 bits per heavy atom. The zero-order valence-electron chi connectivity index (χ0n) is 42.6. The first-order valence-corrected chi connectivity index (χ1v) is 24.7. The number of rotatable bonds is 33. The van der Waals surface area contributed by atoms with E-state index in [9.17, 15) is 38.8 Å². The summed E-state index contributed by atoms with van der Waals surface area (Å²) in [6.07, 6.45) is 3.12. The Hall–Kier alpha value is -7.37. The minimum atomic E-state index is -0.902. The number of nitriles is 1. The Kier molecular flexibility index (Phi) is 23.3. The number of ketones is 2. The fourth-order valence-electron chi connectivity index (χ4n) is 7.98. The number of nitrogens with one attached hydrogen (secondary N) is 2. The summed E-state index contributed by atoms with van der Waals surface area (Å²) in [5.41, 5.74) is 11.0. The van der Waals surface area contributed by atoms with E-state index in [0.29, 0.717) is 55.2 Å². The number of Topliss-reactive ketones (excluding diaryl/α,β-unsaturated/α-hetero) is 2. The van der Waals surface area contributed by atoms with E-state index in [1.165, 1.54) is 12.2 Å². The molecule has 3 aromatic carbocycles. The van der Waals surface area contributed by atoms with Gasteiger partial charge in [0.25, 0.3) is 11.8 Å². The summed E-state index contributed by atoms with van der Waals surface area (Å²) >= 11 is 0. The first kappa shape index (κ1) is 57.5. The average Bonchev–Trinajstić information content (AvgIpc) is 3.71. The SMILES string of the molecule is Cc1ccc(N(C)c2cc(C#N)nc3ccccc23)cc1CC(=O)OCc1ccc(CC(=O)[C@@H](CCCNC(N)=O)NC(=O)[C@H](CC(=O)CCOCCOCCOCCOCCN2C(=O)C=CC2=O)C(C)C)cc1. The summed E-state index contributed by atoms with van der Waals surface area (Å²) in [7, 11) is 1.90. The molecule has 0 saturated heterocycles. The lowest BCUT2D eigenvalue weighted by Gasteiger charge is -2.24. The van der Waals surface area contributed by atoms with Gasteiger partial charge in [0.05, 0.1) is 83.1 Å². The van der Waals surface area contributed by atoms with Crippen molar-refractivity contribution in [2.75, 3.05) is 77.9 Å². The number of nitrogens with two attached hydrogens (primary N) is 1. The maximum absolute atomic E-state index is 13.8. The number of urea groups is 1. The molecule has 4 aromatic rings. The van der Waals surface area contributed by atoms with E-state index in [2.05, 4.69) is 21.7 Å². The highest BCUT2D eigenvalue weighted by molar-refractivity contribution is 6.12. The molecule has 4 N–H and O–H groups in total. The molecule has 1 aliphatic heterocycles. The molecule has 19 heteroatoms. The monoisotopic (exact) mass is 1020 g/mol. The molecule has 5 amide bonds. The van der Waals surface area contributed by atoms with Crippen LogP contribution in [-0.4, -0.2) is 130 Å². The topological polar surface area (TPSA) is 259 Å². The zero-order chi connectivity index (χ0) is 53.4. The fraction of sp³-hybridized carbons (Fsp3) is 0.436. The standard InChI is InChI=1S/C55H67N7O12/c1-37(2)46(34-44(63)19-22-70-24-26-72-28-29-73-27-25-71-23-21-62-51(65)17-18-52(62)66)54(68)60-48(10-7-20-58-55(57)69)50(64)30-39-12-14-40(15-13-39)36-74-53(67)32-41-31-43(16-11-38(41)3)61(4)49-33-42(35-56)59-47-9-6-5-8-45(47)49/h5-6,8-9,11-18,31,33,37,46,48H,7,10,19-30,32,34,36H2,1-4H3,(H,60,68)(H3,57,58,69)/t46-,48-/m1/s1. The summed E-state index contributed by atoms with van der Waals surface area (Å²) in [5.74, 6) is -2.87. The minimum absolute atomic E-state index is 0.00708. The number of benzene rings is 3. The molecule has 0 fully saturated rings. The quantitative estimate of drug-likeness (QED) is 0.0318. The first-order chi connectivity index (χ1) is 35.6. The predicted octanol–water partition coefficient (Wildman–Crippen LogP) is 5.13. The number of ether oxygens (including phenoxy) is 5. The molecule has 5 rings (SSSR count). The van der Waals surface area contributed by atoms with Crippen LogP contribution in [-0.2, 0) is 71.9 Å². The number of aromatic nitrogens is 1. The third-order valence-electron chi connectivity index (χ3n) is 12.3. The van der Waals surface area contributed by atoms with E-state index in [0.717, 1.165) is 32.8 Å². The number of pyridine rings is 1. The third kappa shape index (κ3) is 18.6. The summed E-state index contributed by atoms with van der Waals surface area (Å²) < 4.78 is 27.6. The van der Waals surface area contributed by atoms with Crippen molar-refractivity contribution in [1.29, 1.82) is 5.26 Å². The van der Waals surface area contributed by atoms with Crippen LogP contribution in [0.4, 0.5) is 16.2 Å². The first-order valence-electron chi connectivity index (χ1n) is 24.7. The van der Waals surface area contributed by atoms with Crippen LogP contribution in [0.2, 0.25) is 0 Å². The Bertz CT molecular complexity index is 2630. The van der Waals surface area contributed by atoms with Gasteiger partial charge in [-0.1, -0.05) is 62.4 Å². The lowest BCUT2D eigenvalue weighted by Crippen LogP contribution is -2.46. The van der Waals surface area contributed by atoms with Crippen molar-refractivity contribution in [2.24, 2.45) is 17.6 Å². The van der Waals surface area contributed by atoms with Crippen LogP contribution >= 0.6 is 0 Å². The van der Waals surface area contributed by atoms with Gasteiger partial charge >= 0.3 is 12.0 Å². The molecule has 19 nitrogen and oxygen atoms in total. The molecular weight excluding hydrogens is 951 g/mol. The molecule has 74 heavy (non-hydrogen) atoms. The molecule has 2 heterocycles. The molecular formula is C55H67N7O12. The van der Waals surface area contributed by atoms with Crippen LogP contribution in [0.15, 0.2) is 84.9 Å². The second-order valence-corrected chi connectivity index (χ2v) is 18.1. The Labute approximate surface area is 431 Å². The van der Waals surface area contributed by atoms with Crippen LogP contribution in [0.3, 0.4) is 0 Å². The largest absolute Gasteiger partial charge is 0.461 e. The van der Waals surface area contributed by atoms with Gasteiger partial charge in [-0.05, 0) is 72.2 Å². The molecule has 1 aliphatic rings. The van der Waals surface area contributed by atoms with Crippen molar-refractivity contribution in [1.82, 2.24) is 20.5 Å². The van der Waals surface area contributed by atoms with E-state index in [-0.39, 0.29) is 108 Å². The Morgan fingerprint density at radius 1 is 0.811 bits per heavy atom. The summed E-state index contributed by atoms with van der Waals surface area (Å²) in [6.45, 7) is 8.18. The van der Waals surface area contributed by atoms with Gasteiger partial charge in [-0.3, -0.25) is 33.7 Å². The molecule has 2 atom stereocenters. The maximum Gasteiger partial charge on any atom is 0.312 e. The number of para-hydroxylation sites is 1. The van der Waals surface area contributed by atoms with Crippen molar-refractivity contribution in [3.63, 3.8) is 0 Å². The van der Waals surface area contributed by atoms with E-state index in [4.69, 9.17) is 29.4 Å². The second kappa shape index (κ2) is 30.0. The van der Waals surface area contributed by atoms with Gasteiger partial charge in [0.1, 0.15) is 24.2 Å². The lowest BCUT2D eigenvalue weighted by atomic mass is 9.88. The molecule has 0 aliphatic carbocycles. The number of hydrogen-bond donors (Lipinski definition) is 3. The fourth-order valence-corrected chi connectivity index (χ4v) is 7.98. The minimum Gasteiger partial charge on any atom is -0.461 e. The summed E-state index contributed by atoms with van der Waals surface area (Å²) in [5, 5.41) is 15.9. The van der Waals surface area contributed by atoms with Crippen LogP contribution in [0.5, 0.6) is 0 Å². The highest BCUT2D eigenvalue weighted by Gasteiger charge is 2.29. The number of carbonyl (C=O) groups excluding carboxylic acids is 7. The number of nitrogens with zero attached hydrogens (tertiary/aromatic N) is 4. The summed E-state index contributed by atoms with van der Waals surface area (Å²) in [6, 6.07) is 22.8. The van der Waals surface area contributed by atoms with Crippen LogP contribution in [0, 0.1) is 30.1 Å². The van der Waals surface area contributed by atoms with E-state index in [1.807, 2.05) is 75.2 Å². The predicted molar refractivity (Wildman–Crippen MR) is 275 cm³/mol. The van der Waals surface area contributed by atoms with Gasteiger partial charge in [0.2, 0.25) is 5.91 Å². The van der Waals surface area contributed by atoms with Crippen molar-refractivity contribution in [3.8, 4) is 6.07 Å². The van der Waals surface area contributed by atoms with Crippen LogP contribution < -0.4 is 21.3 Å². The summed E-state index contributed by atoms with van der Waals surface area (Å²) in [4.78, 5) is 95.6. The number of aryl methyl sites for hydroxylation is 1. The highest BCUT2D eigenvalue weighted by Crippen LogP contribution is 2.32. The van der Waals surface area contributed by atoms with Gasteiger partial charge in [0, 0.05) is 62.0 Å². The molecule has 1 aromatic heterocycles. The number of esters is 1. The van der Waals surface area contributed by atoms with Crippen molar-refractivity contribution in [2.45, 2.75) is 71.9 Å². The Morgan fingerprint density at radius 2 is 1.45 bits per heavy atom. The van der Waals surface area contributed by atoms with E-state index in [1.54, 1.807) is 30.3 Å². The number of primary amides is 1. The van der Waals surface area contributed by atoms with Gasteiger partial charge in [0.15, 0.2) is 5.78 Å². The lowest BCUT2D eigenvalue weighted by molar-refractivity contribution is -0.144. The number of amides is 5. The van der Waals surface area contributed by atoms with Crippen molar-refractivity contribution >= 4 is 63.6 Å². The molecule has 0 unspecified atom stereocenters. The van der Waals surface area contributed by atoms with Gasteiger partial charge in [-0.15, -0.1) is 0 Å². The highest BCUT2D eigenvalue weighted by atomic mass is 16.6. The Balaban J connectivity index is 1.03. The number of imide groups is 1. The van der Waals surface area contributed by atoms with Gasteiger partial charge < -0.3 is 45.0 Å². The maximum atomic E-state index is 13.8. The van der Waals surface area contributed by atoms with Crippen molar-refractivity contribution < 1.29 is 57.2 Å². The molecule has 0 bridgehead atoms. The van der Waals surface area contributed by atoms with Gasteiger partial charge in [-0.2, -0.15) is 5.26 Å². The molecule has 0 saturated carbocycles. The van der Waals surface area contributed by atoms with Crippen molar-refractivity contribution in [3.05, 3.63) is 113 Å². The second-order valence-electron chi connectivity index (χ2n) is 18.1. The molecule has 0 radical (unpaired) electrons. The number of hydrogen-bond acceptors (Lipinski definition) is 15. The normalized spacial score (nSPS) is 12.9. The number of carbonyl (C=O) groups is 7. The average molecular weight is 1020 g/mol. The third-order valence-corrected chi connectivity index (χ3v) is 12.3. The number of anilines is 2. The molecule has 394 valence electrons.